The fourth-order valence-corrected chi connectivity index (χ4v) is 3.64. The summed E-state index contributed by atoms with van der Waals surface area (Å²) in [6.45, 7) is 5.36. The van der Waals surface area contributed by atoms with Gasteiger partial charge in [-0.1, -0.05) is 36.4 Å². The van der Waals surface area contributed by atoms with Gasteiger partial charge in [0.25, 0.3) is 0 Å². The van der Waals surface area contributed by atoms with Gasteiger partial charge in [0.15, 0.2) is 5.96 Å². The number of nitrogens with two attached hydrogens (primary N) is 1. The monoisotopic (exact) mass is 352 g/mol. The van der Waals surface area contributed by atoms with Crippen molar-refractivity contribution in [3.05, 3.63) is 48.0 Å². The van der Waals surface area contributed by atoms with Crippen LogP contribution < -0.4 is 11.1 Å². The van der Waals surface area contributed by atoms with Gasteiger partial charge in [0.2, 0.25) is 5.91 Å². The molecule has 1 atom stereocenters. The molecule has 0 aliphatic carbocycles. The van der Waals surface area contributed by atoms with Crippen molar-refractivity contribution in [2.24, 2.45) is 16.6 Å². The van der Waals surface area contributed by atoms with E-state index in [-0.39, 0.29) is 5.91 Å². The smallest absolute Gasteiger partial charge is 0.217 e. The molecule has 0 bridgehead atoms. The number of piperidine rings is 1. The first-order valence-electron chi connectivity index (χ1n) is 9.45. The van der Waals surface area contributed by atoms with Crippen molar-refractivity contribution >= 4 is 22.6 Å². The Morgan fingerprint density at radius 3 is 2.85 bits per heavy atom. The number of guanidine groups is 1. The summed E-state index contributed by atoms with van der Waals surface area (Å²) in [5.74, 6) is 1.04. The second-order valence-corrected chi connectivity index (χ2v) is 6.98. The highest BCUT2D eigenvalue weighted by Crippen LogP contribution is 2.20. The first kappa shape index (κ1) is 18.2. The van der Waals surface area contributed by atoms with Crippen LogP contribution in [-0.4, -0.2) is 36.4 Å². The Hall–Kier alpha value is -2.56. The van der Waals surface area contributed by atoms with E-state index in [2.05, 4.69) is 59.6 Å². The van der Waals surface area contributed by atoms with Crippen molar-refractivity contribution in [2.45, 2.75) is 32.7 Å². The van der Waals surface area contributed by atoms with Crippen LogP contribution in [0.4, 0.5) is 0 Å². The lowest BCUT2D eigenvalue weighted by atomic mass is 9.95. The number of primary amides is 1. The lowest BCUT2D eigenvalue weighted by Gasteiger charge is -2.34. The maximum Gasteiger partial charge on any atom is 0.217 e. The summed E-state index contributed by atoms with van der Waals surface area (Å²) < 4.78 is 0. The third kappa shape index (κ3) is 4.75. The average Bonchev–Trinajstić information content (AvgIpc) is 2.64. The van der Waals surface area contributed by atoms with Crippen LogP contribution >= 0.6 is 0 Å². The zero-order chi connectivity index (χ0) is 18.4. The van der Waals surface area contributed by atoms with Crippen LogP contribution in [0.2, 0.25) is 0 Å². The molecule has 5 heteroatoms. The van der Waals surface area contributed by atoms with Gasteiger partial charge in [-0.05, 0) is 48.1 Å². The summed E-state index contributed by atoms with van der Waals surface area (Å²) in [6.07, 6.45) is 2.59. The van der Waals surface area contributed by atoms with Crippen molar-refractivity contribution < 1.29 is 4.79 Å². The van der Waals surface area contributed by atoms with Gasteiger partial charge in [-0.3, -0.25) is 4.79 Å². The molecule has 0 aromatic heterocycles. The minimum absolute atomic E-state index is 0.213. The summed E-state index contributed by atoms with van der Waals surface area (Å²) in [7, 11) is 0. The highest BCUT2D eigenvalue weighted by atomic mass is 16.1. The molecule has 5 nitrogen and oxygen atoms in total. The lowest BCUT2D eigenvalue weighted by molar-refractivity contribution is -0.119. The van der Waals surface area contributed by atoms with Crippen LogP contribution in [0.1, 0.15) is 31.7 Å². The van der Waals surface area contributed by atoms with Crippen molar-refractivity contribution in [1.82, 2.24) is 10.2 Å². The number of benzene rings is 2. The molecule has 3 N–H and O–H groups in total. The van der Waals surface area contributed by atoms with Crippen molar-refractivity contribution in [3.63, 3.8) is 0 Å². The fraction of sp³-hybridized carbons (Fsp3) is 0.429. The minimum atomic E-state index is -0.213. The second-order valence-electron chi connectivity index (χ2n) is 6.98. The van der Waals surface area contributed by atoms with Crippen LogP contribution in [0.3, 0.4) is 0 Å². The van der Waals surface area contributed by atoms with E-state index in [4.69, 9.17) is 10.7 Å². The Morgan fingerprint density at radius 2 is 2.08 bits per heavy atom. The van der Waals surface area contributed by atoms with Crippen LogP contribution in [0.15, 0.2) is 47.5 Å². The molecule has 1 amide bonds. The van der Waals surface area contributed by atoms with Crippen LogP contribution in [0.5, 0.6) is 0 Å². The molecule has 1 fully saturated rings. The predicted octanol–water partition coefficient (Wildman–Crippen LogP) is 2.89. The van der Waals surface area contributed by atoms with Gasteiger partial charge in [-0.15, -0.1) is 0 Å². The number of likely N-dealkylation sites (tertiary alicyclic amines) is 1. The van der Waals surface area contributed by atoms with Crippen LogP contribution in [0, 0.1) is 5.92 Å². The van der Waals surface area contributed by atoms with E-state index in [0.717, 1.165) is 38.4 Å². The van der Waals surface area contributed by atoms with E-state index in [1.165, 1.54) is 16.3 Å². The second kappa shape index (κ2) is 8.70. The highest BCUT2D eigenvalue weighted by molar-refractivity contribution is 5.83. The molecule has 2 aromatic carbocycles. The predicted molar refractivity (Wildman–Crippen MR) is 107 cm³/mol. The fourth-order valence-electron chi connectivity index (χ4n) is 3.64. The summed E-state index contributed by atoms with van der Waals surface area (Å²) >= 11 is 0. The van der Waals surface area contributed by atoms with Gasteiger partial charge in [-0.25, -0.2) is 4.99 Å². The van der Waals surface area contributed by atoms with Gasteiger partial charge in [-0.2, -0.15) is 0 Å². The number of fused-ring (bicyclic) bond motifs is 1. The molecular weight excluding hydrogens is 324 g/mol. The molecule has 2 aromatic rings. The zero-order valence-corrected chi connectivity index (χ0v) is 15.4. The summed E-state index contributed by atoms with van der Waals surface area (Å²) in [5.41, 5.74) is 6.58. The number of carbonyl (C=O) groups excluding carboxylic acids is 1. The molecule has 1 heterocycles. The average molecular weight is 352 g/mol. The number of amides is 1. The number of hydrogen-bond acceptors (Lipinski definition) is 2. The Kier molecular flexibility index (Phi) is 6.10. The molecule has 26 heavy (non-hydrogen) atoms. The van der Waals surface area contributed by atoms with Gasteiger partial charge >= 0.3 is 0 Å². The number of nitrogens with one attached hydrogen (secondary N) is 1. The lowest BCUT2D eigenvalue weighted by Crippen LogP contribution is -2.47. The largest absolute Gasteiger partial charge is 0.370 e. The molecule has 3 rings (SSSR count). The first-order chi connectivity index (χ1) is 12.7. The van der Waals surface area contributed by atoms with Crippen molar-refractivity contribution in [2.75, 3.05) is 19.6 Å². The third-order valence-electron chi connectivity index (χ3n) is 4.87. The number of rotatable bonds is 5. The summed E-state index contributed by atoms with van der Waals surface area (Å²) in [5, 5.41) is 5.88. The van der Waals surface area contributed by atoms with Crippen molar-refractivity contribution in [1.29, 1.82) is 0 Å². The minimum Gasteiger partial charge on any atom is -0.370 e. The number of hydrogen-bond donors (Lipinski definition) is 2. The van der Waals surface area contributed by atoms with Gasteiger partial charge in [0, 0.05) is 26.1 Å². The Balaban J connectivity index is 1.72. The molecule has 1 saturated heterocycles. The number of carbonyl (C=O) groups is 1. The normalized spacial score (nSPS) is 18.1. The zero-order valence-electron chi connectivity index (χ0n) is 15.4. The van der Waals surface area contributed by atoms with E-state index in [1.807, 2.05) is 0 Å². The first-order valence-corrected chi connectivity index (χ1v) is 9.45. The van der Waals surface area contributed by atoms with Gasteiger partial charge < -0.3 is 16.0 Å². The van der Waals surface area contributed by atoms with Gasteiger partial charge in [0.05, 0.1) is 6.54 Å². The molecule has 0 radical (unpaired) electrons. The third-order valence-corrected chi connectivity index (χ3v) is 4.87. The van der Waals surface area contributed by atoms with Gasteiger partial charge in [0.1, 0.15) is 0 Å². The standard InChI is InChI=1S/C21H28N4O/c1-2-23-21(25-11-5-6-17(15-25)13-20(22)26)24-14-16-9-10-18-7-3-4-8-19(18)12-16/h3-4,7-10,12,17H,2,5-6,11,13-15H2,1H3,(H2,22,26)(H,23,24). The summed E-state index contributed by atoms with van der Waals surface area (Å²) in [6, 6.07) is 14.9. The Bertz CT molecular complexity index is 786. The Morgan fingerprint density at radius 1 is 1.27 bits per heavy atom. The van der Waals surface area contributed by atoms with E-state index < -0.39 is 0 Å². The molecule has 0 spiro atoms. The molecule has 1 aliphatic rings. The van der Waals surface area contributed by atoms with E-state index >= 15 is 0 Å². The maximum atomic E-state index is 11.2. The molecule has 1 unspecified atom stereocenters. The molecule has 1 aliphatic heterocycles. The maximum absolute atomic E-state index is 11.2. The molecular formula is C21H28N4O. The Labute approximate surface area is 155 Å². The molecule has 0 saturated carbocycles. The van der Waals surface area contributed by atoms with E-state index in [9.17, 15) is 4.79 Å². The van der Waals surface area contributed by atoms with Crippen LogP contribution in [-0.2, 0) is 11.3 Å². The quantitative estimate of drug-likeness (QED) is 0.642. The van der Waals surface area contributed by atoms with Crippen LogP contribution in [0.25, 0.3) is 10.8 Å². The molecule has 138 valence electrons. The number of aliphatic imine (C=N–C) groups is 1. The topological polar surface area (TPSA) is 70.7 Å². The van der Waals surface area contributed by atoms with E-state index in [0.29, 0.717) is 18.9 Å². The summed E-state index contributed by atoms with van der Waals surface area (Å²) in [4.78, 5) is 18.4. The van der Waals surface area contributed by atoms with E-state index in [1.54, 1.807) is 0 Å². The SMILES string of the molecule is CCNC(=NCc1ccc2ccccc2c1)N1CCCC(CC(N)=O)C1. The van der Waals surface area contributed by atoms with Crippen molar-refractivity contribution in [3.8, 4) is 0 Å². The number of nitrogens with zero attached hydrogens (tertiary/aromatic N) is 2. The highest BCUT2D eigenvalue weighted by Gasteiger charge is 2.23.